The van der Waals surface area contributed by atoms with Crippen molar-refractivity contribution in [2.45, 2.75) is 16.7 Å². The summed E-state index contributed by atoms with van der Waals surface area (Å²) in [4.78, 5) is 10.7. The SMILES string of the molecule is CN(c1nc2ccccc2nc1NS(=O)(=O)c1cccs1)[C@@H]1CCS(=O)(=O)C1. The van der Waals surface area contributed by atoms with E-state index >= 15 is 0 Å². The molecule has 148 valence electrons. The summed E-state index contributed by atoms with van der Waals surface area (Å²) < 4.78 is 51.9. The van der Waals surface area contributed by atoms with Crippen molar-refractivity contribution < 1.29 is 16.8 Å². The molecule has 0 unspecified atom stereocenters. The highest BCUT2D eigenvalue weighted by Crippen LogP contribution is 2.30. The first kappa shape index (κ1) is 19.1. The molecule has 28 heavy (non-hydrogen) atoms. The van der Waals surface area contributed by atoms with Crippen LogP contribution < -0.4 is 9.62 Å². The highest BCUT2D eigenvalue weighted by atomic mass is 32.2. The maximum atomic E-state index is 12.7. The van der Waals surface area contributed by atoms with Gasteiger partial charge in [0.05, 0.1) is 22.5 Å². The topological polar surface area (TPSA) is 109 Å². The van der Waals surface area contributed by atoms with E-state index in [1.165, 1.54) is 6.07 Å². The van der Waals surface area contributed by atoms with Crippen LogP contribution in [0.2, 0.25) is 0 Å². The van der Waals surface area contributed by atoms with Gasteiger partial charge < -0.3 is 4.90 Å². The van der Waals surface area contributed by atoms with Gasteiger partial charge in [-0.05, 0) is 30.0 Å². The van der Waals surface area contributed by atoms with E-state index < -0.39 is 19.9 Å². The Labute approximate surface area is 167 Å². The van der Waals surface area contributed by atoms with Crippen molar-refractivity contribution in [2.24, 2.45) is 0 Å². The molecule has 0 radical (unpaired) electrons. The Hall–Kier alpha value is -2.24. The van der Waals surface area contributed by atoms with Crippen molar-refractivity contribution in [2.75, 3.05) is 28.2 Å². The molecular weight excluding hydrogens is 420 g/mol. The number of para-hydroxylation sites is 2. The molecule has 1 aliphatic rings. The maximum Gasteiger partial charge on any atom is 0.272 e. The van der Waals surface area contributed by atoms with Crippen molar-refractivity contribution in [3.8, 4) is 0 Å². The lowest BCUT2D eigenvalue weighted by atomic mass is 10.2. The largest absolute Gasteiger partial charge is 0.353 e. The number of nitrogens with zero attached hydrogens (tertiary/aromatic N) is 3. The van der Waals surface area contributed by atoms with Crippen LogP contribution in [0.1, 0.15) is 6.42 Å². The molecule has 1 fully saturated rings. The smallest absolute Gasteiger partial charge is 0.272 e. The summed E-state index contributed by atoms with van der Waals surface area (Å²) in [5.74, 6) is 0.508. The van der Waals surface area contributed by atoms with Gasteiger partial charge >= 0.3 is 0 Å². The van der Waals surface area contributed by atoms with Gasteiger partial charge in [0, 0.05) is 13.1 Å². The Kier molecular flexibility index (Phi) is 4.76. The van der Waals surface area contributed by atoms with Crippen molar-refractivity contribution in [3.05, 3.63) is 41.8 Å². The van der Waals surface area contributed by atoms with Crippen LogP contribution >= 0.6 is 11.3 Å². The highest BCUT2D eigenvalue weighted by molar-refractivity contribution is 7.94. The van der Waals surface area contributed by atoms with Crippen molar-refractivity contribution in [1.29, 1.82) is 0 Å². The van der Waals surface area contributed by atoms with Gasteiger partial charge in [0.15, 0.2) is 21.5 Å². The number of fused-ring (bicyclic) bond motifs is 1. The molecule has 0 aliphatic carbocycles. The van der Waals surface area contributed by atoms with E-state index in [2.05, 4.69) is 14.7 Å². The number of sulfonamides is 1. The quantitative estimate of drug-likeness (QED) is 0.650. The van der Waals surface area contributed by atoms with Gasteiger partial charge in [0.25, 0.3) is 10.0 Å². The molecule has 0 bridgehead atoms. The molecule has 4 rings (SSSR count). The number of hydrogen-bond donors (Lipinski definition) is 1. The fourth-order valence-electron chi connectivity index (χ4n) is 3.15. The summed E-state index contributed by atoms with van der Waals surface area (Å²) in [5, 5.41) is 1.68. The van der Waals surface area contributed by atoms with Crippen LogP contribution in [0.25, 0.3) is 11.0 Å². The summed E-state index contributed by atoms with van der Waals surface area (Å²) in [6.07, 6.45) is 0.463. The molecule has 2 aromatic heterocycles. The summed E-state index contributed by atoms with van der Waals surface area (Å²) in [5.41, 5.74) is 1.15. The lowest BCUT2D eigenvalue weighted by Gasteiger charge is -2.26. The third-order valence-corrected chi connectivity index (χ3v) is 9.12. The minimum Gasteiger partial charge on any atom is -0.353 e. The summed E-state index contributed by atoms with van der Waals surface area (Å²) in [7, 11) is -5.21. The summed E-state index contributed by atoms with van der Waals surface area (Å²) in [6, 6.07) is 10.0. The van der Waals surface area contributed by atoms with Crippen LogP contribution in [0.3, 0.4) is 0 Å². The fraction of sp³-hybridized carbons (Fsp3) is 0.294. The van der Waals surface area contributed by atoms with Gasteiger partial charge in [0.1, 0.15) is 4.21 Å². The molecule has 0 spiro atoms. The first-order chi connectivity index (χ1) is 13.3. The number of aromatic nitrogens is 2. The molecule has 8 nitrogen and oxygen atoms in total. The predicted molar refractivity (Wildman–Crippen MR) is 110 cm³/mol. The monoisotopic (exact) mass is 438 g/mol. The third-order valence-electron chi connectivity index (χ3n) is 4.63. The second-order valence-corrected chi connectivity index (χ2v) is 11.7. The third kappa shape index (κ3) is 3.69. The first-order valence-corrected chi connectivity index (χ1v) is 12.7. The Bertz CT molecular complexity index is 1220. The number of thiophene rings is 1. The van der Waals surface area contributed by atoms with E-state index in [9.17, 15) is 16.8 Å². The van der Waals surface area contributed by atoms with E-state index in [1.54, 1.807) is 41.6 Å². The van der Waals surface area contributed by atoms with Gasteiger partial charge in [-0.15, -0.1) is 11.3 Å². The fourth-order valence-corrected chi connectivity index (χ4v) is 6.92. The van der Waals surface area contributed by atoms with Gasteiger partial charge in [0.2, 0.25) is 0 Å². The zero-order valence-electron chi connectivity index (χ0n) is 14.9. The minimum atomic E-state index is -3.82. The Morgan fingerprint density at radius 1 is 1.14 bits per heavy atom. The number of anilines is 2. The van der Waals surface area contributed by atoms with E-state index in [4.69, 9.17) is 0 Å². The van der Waals surface area contributed by atoms with Gasteiger partial charge in [-0.2, -0.15) is 0 Å². The highest BCUT2D eigenvalue weighted by Gasteiger charge is 2.33. The van der Waals surface area contributed by atoms with Crippen LogP contribution in [0.5, 0.6) is 0 Å². The van der Waals surface area contributed by atoms with Crippen LogP contribution in [0.15, 0.2) is 46.0 Å². The van der Waals surface area contributed by atoms with E-state index in [1.807, 2.05) is 6.07 Å². The van der Waals surface area contributed by atoms with E-state index in [0.29, 0.717) is 23.3 Å². The lowest BCUT2D eigenvalue weighted by Crippen LogP contribution is -2.34. The van der Waals surface area contributed by atoms with Crippen LogP contribution in [-0.4, -0.2) is 51.4 Å². The van der Waals surface area contributed by atoms with Gasteiger partial charge in [-0.3, -0.25) is 4.72 Å². The van der Waals surface area contributed by atoms with Crippen molar-refractivity contribution >= 4 is 53.9 Å². The molecular formula is C17H18N4O4S3. The molecule has 1 aromatic carbocycles. The molecule has 1 N–H and O–H groups in total. The number of benzene rings is 1. The van der Waals surface area contributed by atoms with Crippen LogP contribution in [0, 0.1) is 0 Å². The zero-order valence-corrected chi connectivity index (χ0v) is 17.4. The van der Waals surface area contributed by atoms with Crippen LogP contribution in [-0.2, 0) is 19.9 Å². The Balaban J connectivity index is 1.79. The maximum absolute atomic E-state index is 12.7. The lowest BCUT2D eigenvalue weighted by molar-refractivity contribution is 0.599. The van der Waals surface area contributed by atoms with Crippen molar-refractivity contribution in [1.82, 2.24) is 9.97 Å². The second-order valence-electron chi connectivity index (χ2n) is 6.59. The summed E-state index contributed by atoms with van der Waals surface area (Å²) in [6.45, 7) is 0. The normalized spacial score (nSPS) is 19.0. The Morgan fingerprint density at radius 2 is 1.86 bits per heavy atom. The van der Waals surface area contributed by atoms with Gasteiger partial charge in [-0.1, -0.05) is 18.2 Å². The number of hydrogen-bond acceptors (Lipinski definition) is 8. The molecule has 0 saturated carbocycles. The molecule has 1 aliphatic heterocycles. The van der Waals surface area contributed by atoms with Gasteiger partial charge in [-0.25, -0.2) is 26.8 Å². The number of nitrogens with one attached hydrogen (secondary N) is 1. The first-order valence-electron chi connectivity index (χ1n) is 8.51. The average Bonchev–Trinajstić information content (AvgIpc) is 3.30. The number of rotatable bonds is 5. The standard InChI is InChI=1S/C17H18N4O4S3/c1-21(12-8-10-27(22,23)11-12)17-16(18-13-5-2-3-6-14(13)19-17)20-28(24,25)15-7-4-9-26-15/h2-7,9,12H,8,10-11H2,1H3,(H,18,20)/t12-/m1/s1. The average molecular weight is 439 g/mol. The molecule has 3 heterocycles. The molecule has 11 heteroatoms. The molecule has 3 aromatic rings. The van der Waals surface area contributed by atoms with E-state index in [0.717, 1.165) is 11.3 Å². The second kappa shape index (κ2) is 6.98. The Morgan fingerprint density at radius 3 is 2.46 bits per heavy atom. The minimum absolute atomic E-state index is 0.00905. The van der Waals surface area contributed by atoms with E-state index in [-0.39, 0.29) is 27.6 Å². The van der Waals surface area contributed by atoms with Crippen molar-refractivity contribution in [3.63, 3.8) is 0 Å². The molecule has 0 amide bonds. The van der Waals surface area contributed by atoms with Crippen LogP contribution in [0.4, 0.5) is 11.6 Å². The molecule has 1 atom stereocenters. The molecule has 1 saturated heterocycles. The number of sulfone groups is 1. The zero-order chi connectivity index (χ0) is 19.9. The predicted octanol–water partition coefficient (Wildman–Crippen LogP) is 2.12. The summed E-state index contributed by atoms with van der Waals surface area (Å²) >= 11 is 1.10.